The fourth-order valence-corrected chi connectivity index (χ4v) is 5.13. The van der Waals surface area contributed by atoms with Gasteiger partial charge >= 0.3 is 6.18 Å². The molecule has 8 heteroatoms. The standard InChI is InChI=1S/C26H19F4NO2S/c27-21-13-23(24(32)12-19(21)18-11-20(18)26(28,29)30)31-22-8-7-17(10-16(22)6-9-25(31)33)34-14-15-4-2-1-3-5-15/h1-10,12-13,18,20,32H,11,14H2/t18-,20-/m0/s1. The van der Waals surface area contributed by atoms with Gasteiger partial charge in [-0.15, -0.1) is 11.8 Å². The largest absolute Gasteiger partial charge is 0.506 e. The van der Waals surface area contributed by atoms with E-state index in [-0.39, 0.29) is 17.7 Å². The maximum Gasteiger partial charge on any atom is 0.392 e. The second kappa shape index (κ2) is 8.51. The summed E-state index contributed by atoms with van der Waals surface area (Å²) in [5.74, 6) is -3.18. The number of pyridine rings is 1. The van der Waals surface area contributed by atoms with Gasteiger partial charge in [0.25, 0.3) is 5.56 Å². The van der Waals surface area contributed by atoms with Gasteiger partial charge in [-0.25, -0.2) is 4.39 Å². The molecule has 174 valence electrons. The minimum atomic E-state index is -4.41. The van der Waals surface area contributed by atoms with Crippen LogP contribution >= 0.6 is 11.8 Å². The van der Waals surface area contributed by atoms with Crippen LogP contribution in [0.5, 0.6) is 5.75 Å². The van der Waals surface area contributed by atoms with Crippen LogP contribution < -0.4 is 5.56 Å². The van der Waals surface area contributed by atoms with Crippen LogP contribution in [0.4, 0.5) is 17.6 Å². The lowest BCUT2D eigenvalue weighted by atomic mass is 10.1. The van der Waals surface area contributed by atoms with Gasteiger partial charge < -0.3 is 5.11 Å². The second-order valence-corrected chi connectivity index (χ2v) is 9.40. The van der Waals surface area contributed by atoms with E-state index in [9.17, 15) is 27.5 Å². The molecule has 34 heavy (non-hydrogen) atoms. The second-order valence-electron chi connectivity index (χ2n) is 8.35. The molecular formula is C26H19F4NO2S. The topological polar surface area (TPSA) is 42.2 Å². The molecule has 4 aromatic rings. The highest BCUT2D eigenvalue weighted by Gasteiger charge is 2.56. The third kappa shape index (κ3) is 4.30. The Kier molecular flexibility index (Phi) is 5.64. The lowest BCUT2D eigenvalue weighted by Gasteiger charge is -2.15. The van der Waals surface area contributed by atoms with Crippen LogP contribution in [0.25, 0.3) is 16.6 Å². The van der Waals surface area contributed by atoms with Crippen LogP contribution in [0, 0.1) is 11.7 Å². The average molecular weight is 486 g/mol. The summed E-state index contributed by atoms with van der Waals surface area (Å²) in [4.78, 5) is 13.7. The molecule has 0 bridgehead atoms. The van der Waals surface area contributed by atoms with E-state index in [1.165, 1.54) is 16.2 Å². The Morgan fingerprint density at radius 3 is 2.47 bits per heavy atom. The quantitative estimate of drug-likeness (QED) is 0.250. The number of benzene rings is 3. The Morgan fingerprint density at radius 2 is 1.76 bits per heavy atom. The highest BCUT2D eigenvalue weighted by atomic mass is 32.2. The number of hydrogen-bond donors (Lipinski definition) is 1. The SMILES string of the molecule is O=c1ccc2cc(SCc3ccccc3)ccc2n1-c1cc(F)c([C@@H]2C[C@@H]2C(F)(F)F)cc1O. The van der Waals surface area contributed by atoms with Crippen molar-refractivity contribution in [3.8, 4) is 11.4 Å². The lowest BCUT2D eigenvalue weighted by Crippen LogP contribution is -2.18. The van der Waals surface area contributed by atoms with Crippen LogP contribution in [0.15, 0.2) is 82.5 Å². The van der Waals surface area contributed by atoms with Crippen molar-refractivity contribution in [1.29, 1.82) is 0 Å². The molecule has 0 unspecified atom stereocenters. The number of alkyl halides is 3. The van der Waals surface area contributed by atoms with Gasteiger partial charge in [-0.1, -0.05) is 30.3 Å². The Balaban J connectivity index is 1.49. The molecule has 5 rings (SSSR count). The number of hydrogen-bond acceptors (Lipinski definition) is 3. The summed E-state index contributed by atoms with van der Waals surface area (Å²) < 4.78 is 54.8. The number of thioether (sulfide) groups is 1. The number of nitrogens with zero attached hydrogens (tertiary/aromatic N) is 1. The van der Waals surface area contributed by atoms with Crippen LogP contribution in [-0.2, 0) is 5.75 Å². The van der Waals surface area contributed by atoms with E-state index in [4.69, 9.17) is 0 Å². The van der Waals surface area contributed by atoms with Crippen LogP contribution in [0.3, 0.4) is 0 Å². The monoisotopic (exact) mass is 485 g/mol. The molecule has 1 saturated carbocycles. The van der Waals surface area contributed by atoms with Crippen molar-refractivity contribution in [3.05, 3.63) is 100 Å². The number of aromatic nitrogens is 1. The number of phenols is 1. The van der Waals surface area contributed by atoms with Crippen LogP contribution in [0.1, 0.15) is 23.5 Å². The number of rotatable bonds is 5. The predicted octanol–water partition coefficient (Wildman–Crippen LogP) is 6.79. The Bertz CT molecular complexity index is 1430. The summed E-state index contributed by atoms with van der Waals surface area (Å²) in [6.07, 6.45) is -4.62. The molecule has 1 heterocycles. The molecule has 1 aliphatic carbocycles. The first-order chi connectivity index (χ1) is 16.2. The lowest BCUT2D eigenvalue weighted by molar-refractivity contribution is -0.148. The summed E-state index contributed by atoms with van der Waals surface area (Å²) in [5.41, 5.74) is 0.849. The highest BCUT2D eigenvalue weighted by Crippen LogP contribution is 2.57. The van der Waals surface area contributed by atoms with Crippen molar-refractivity contribution < 1.29 is 22.7 Å². The molecule has 0 amide bonds. The molecule has 1 N–H and O–H groups in total. The Morgan fingerprint density at radius 1 is 1.00 bits per heavy atom. The molecule has 0 saturated heterocycles. The zero-order valence-corrected chi connectivity index (χ0v) is 18.5. The van der Waals surface area contributed by atoms with E-state index >= 15 is 0 Å². The number of aromatic hydroxyl groups is 1. The molecule has 0 spiro atoms. The summed E-state index contributed by atoms with van der Waals surface area (Å²) in [6, 6.07) is 20.3. The van der Waals surface area contributed by atoms with Crippen LogP contribution in [-0.4, -0.2) is 15.8 Å². The van der Waals surface area contributed by atoms with Crippen molar-refractivity contribution in [2.24, 2.45) is 5.92 Å². The van der Waals surface area contributed by atoms with Gasteiger partial charge in [0.2, 0.25) is 0 Å². The van der Waals surface area contributed by atoms with Crippen molar-refractivity contribution in [3.63, 3.8) is 0 Å². The maximum absolute atomic E-state index is 14.8. The van der Waals surface area contributed by atoms with E-state index < -0.39 is 35.1 Å². The van der Waals surface area contributed by atoms with Crippen molar-refractivity contribution in [2.45, 2.75) is 29.2 Å². The Labute approximate surface area is 196 Å². The summed E-state index contributed by atoms with van der Waals surface area (Å²) in [7, 11) is 0. The molecule has 2 atom stereocenters. The zero-order chi connectivity index (χ0) is 24.0. The van der Waals surface area contributed by atoms with E-state index in [1.807, 2.05) is 42.5 Å². The smallest absolute Gasteiger partial charge is 0.392 e. The highest BCUT2D eigenvalue weighted by molar-refractivity contribution is 7.98. The number of fused-ring (bicyclic) bond motifs is 1. The molecule has 1 aliphatic rings. The van der Waals surface area contributed by atoms with Gasteiger partial charge in [-0.3, -0.25) is 9.36 Å². The molecular weight excluding hydrogens is 466 g/mol. The molecule has 3 nitrogen and oxygen atoms in total. The van der Waals surface area contributed by atoms with E-state index in [0.29, 0.717) is 10.9 Å². The van der Waals surface area contributed by atoms with Gasteiger partial charge in [-0.2, -0.15) is 13.2 Å². The molecule has 3 aromatic carbocycles. The van der Waals surface area contributed by atoms with E-state index in [2.05, 4.69) is 0 Å². The van der Waals surface area contributed by atoms with Crippen molar-refractivity contribution in [1.82, 2.24) is 4.57 Å². The van der Waals surface area contributed by atoms with Gasteiger partial charge in [0.05, 0.1) is 17.1 Å². The van der Waals surface area contributed by atoms with Gasteiger partial charge in [0.1, 0.15) is 11.6 Å². The zero-order valence-electron chi connectivity index (χ0n) is 17.7. The molecule has 0 aliphatic heterocycles. The van der Waals surface area contributed by atoms with Gasteiger partial charge in [0.15, 0.2) is 0 Å². The molecule has 1 aromatic heterocycles. The third-order valence-corrected chi connectivity index (χ3v) is 7.12. The fraction of sp³-hybridized carbons (Fsp3) is 0.192. The van der Waals surface area contributed by atoms with E-state index in [1.54, 1.807) is 23.9 Å². The summed E-state index contributed by atoms with van der Waals surface area (Å²) >= 11 is 1.63. The number of phenolic OH excluding ortho intramolecular Hbond substituents is 1. The van der Waals surface area contributed by atoms with E-state index in [0.717, 1.165) is 22.8 Å². The maximum atomic E-state index is 14.8. The molecule has 1 fully saturated rings. The number of halogens is 4. The Hall–Kier alpha value is -3.26. The minimum absolute atomic E-state index is 0.106. The van der Waals surface area contributed by atoms with Gasteiger partial charge in [0, 0.05) is 22.8 Å². The minimum Gasteiger partial charge on any atom is -0.506 e. The first-order valence-corrected chi connectivity index (χ1v) is 11.6. The van der Waals surface area contributed by atoms with Gasteiger partial charge in [-0.05, 0) is 59.2 Å². The molecule has 0 radical (unpaired) electrons. The first kappa shape index (κ1) is 22.5. The van der Waals surface area contributed by atoms with Crippen molar-refractivity contribution >= 4 is 22.7 Å². The third-order valence-electron chi connectivity index (χ3n) is 6.06. The van der Waals surface area contributed by atoms with Crippen molar-refractivity contribution in [2.75, 3.05) is 0 Å². The summed E-state index contributed by atoms with van der Waals surface area (Å²) in [6.45, 7) is 0. The summed E-state index contributed by atoms with van der Waals surface area (Å²) in [5, 5.41) is 11.3. The fourth-order valence-electron chi connectivity index (χ4n) is 4.23. The predicted molar refractivity (Wildman–Crippen MR) is 124 cm³/mol. The average Bonchev–Trinajstić information content (AvgIpc) is 3.61. The first-order valence-electron chi connectivity index (χ1n) is 10.6. The normalized spacial score (nSPS) is 17.8. The van der Waals surface area contributed by atoms with Crippen LogP contribution in [0.2, 0.25) is 0 Å².